The van der Waals surface area contributed by atoms with Gasteiger partial charge in [-0.1, -0.05) is 24.3 Å². The lowest BCUT2D eigenvalue weighted by molar-refractivity contribution is 0.0684. The Morgan fingerprint density at radius 2 is 1.83 bits per heavy atom. The smallest absolute Gasteiger partial charge is 0.356 e. The number of likely N-dealkylation sites (tertiary alicyclic amines) is 1. The molecular formula is C18H19N3O3. The van der Waals surface area contributed by atoms with Gasteiger partial charge in [-0.3, -0.25) is 4.79 Å². The third kappa shape index (κ3) is 2.99. The van der Waals surface area contributed by atoms with Crippen LogP contribution in [0.2, 0.25) is 0 Å². The molecule has 2 aromatic rings. The van der Waals surface area contributed by atoms with Crippen molar-refractivity contribution in [3.05, 3.63) is 59.2 Å². The zero-order chi connectivity index (χ0) is 17.3. The van der Waals surface area contributed by atoms with E-state index in [9.17, 15) is 9.59 Å². The van der Waals surface area contributed by atoms with Gasteiger partial charge in [-0.25, -0.2) is 14.8 Å². The van der Waals surface area contributed by atoms with Crippen molar-refractivity contribution in [3.63, 3.8) is 0 Å². The van der Waals surface area contributed by atoms with Crippen molar-refractivity contribution in [2.45, 2.75) is 32.2 Å². The summed E-state index contributed by atoms with van der Waals surface area (Å²) >= 11 is 0. The molecular weight excluding hydrogens is 306 g/mol. The maximum absolute atomic E-state index is 12.7. The minimum absolute atomic E-state index is 0.100. The van der Waals surface area contributed by atoms with Crippen molar-refractivity contribution in [3.8, 4) is 0 Å². The molecule has 1 fully saturated rings. The fraction of sp³-hybridized carbons (Fsp3) is 0.333. The number of aromatic nitrogens is 2. The highest BCUT2D eigenvalue weighted by Gasteiger charge is 2.34. The molecule has 6 nitrogen and oxygen atoms in total. The van der Waals surface area contributed by atoms with Gasteiger partial charge in [0.25, 0.3) is 5.91 Å². The van der Waals surface area contributed by atoms with E-state index in [4.69, 9.17) is 5.11 Å². The van der Waals surface area contributed by atoms with Crippen LogP contribution in [0.5, 0.6) is 0 Å². The van der Waals surface area contributed by atoms with E-state index >= 15 is 0 Å². The zero-order valence-corrected chi connectivity index (χ0v) is 13.6. The Morgan fingerprint density at radius 1 is 1.17 bits per heavy atom. The first kappa shape index (κ1) is 16.1. The summed E-state index contributed by atoms with van der Waals surface area (Å²) in [6.07, 6.45) is 3.26. The fourth-order valence-corrected chi connectivity index (χ4v) is 3.28. The number of carboxylic acid groups (broad SMARTS) is 1. The Labute approximate surface area is 140 Å². The molecule has 2 unspecified atom stereocenters. The van der Waals surface area contributed by atoms with Crippen molar-refractivity contribution in [1.82, 2.24) is 14.9 Å². The highest BCUT2D eigenvalue weighted by Crippen LogP contribution is 2.33. The molecule has 6 heteroatoms. The molecule has 1 N–H and O–H groups in total. The number of nitrogens with zero attached hydrogens (tertiary/aromatic N) is 3. The van der Waals surface area contributed by atoms with Crippen molar-refractivity contribution in [2.24, 2.45) is 0 Å². The number of carbonyl (C=O) groups is 2. The number of carbonyl (C=O) groups excluding carboxylic acids is 1. The van der Waals surface area contributed by atoms with Crippen LogP contribution < -0.4 is 0 Å². The third-order valence-corrected chi connectivity index (χ3v) is 4.55. The first-order valence-corrected chi connectivity index (χ1v) is 7.89. The summed E-state index contributed by atoms with van der Waals surface area (Å²) in [4.78, 5) is 33.0. The first-order chi connectivity index (χ1) is 11.5. The van der Waals surface area contributed by atoms with Gasteiger partial charge in [-0.05, 0) is 31.4 Å². The number of aromatic carboxylic acids is 1. The van der Waals surface area contributed by atoms with E-state index in [2.05, 4.69) is 29.0 Å². The molecule has 124 valence electrons. The number of hydrogen-bond acceptors (Lipinski definition) is 4. The highest BCUT2D eigenvalue weighted by molar-refractivity contribution is 5.93. The van der Waals surface area contributed by atoms with Crippen LogP contribution in [0.4, 0.5) is 0 Å². The quantitative estimate of drug-likeness (QED) is 0.937. The van der Waals surface area contributed by atoms with Gasteiger partial charge in [0, 0.05) is 18.5 Å². The van der Waals surface area contributed by atoms with Crippen LogP contribution in [-0.2, 0) is 0 Å². The topological polar surface area (TPSA) is 83.4 Å². The molecule has 0 spiro atoms. The highest BCUT2D eigenvalue weighted by atomic mass is 16.4. The second kappa shape index (κ2) is 6.39. The van der Waals surface area contributed by atoms with Crippen molar-refractivity contribution in [2.75, 3.05) is 6.54 Å². The van der Waals surface area contributed by atoms with Gasteiger partial charge in [-0.2, -0.15) is 0 Å². The standard InChI is InChI=1S/C18H19N3O3/c1-11-5-3-4-6-14(11)13-7-12(2)21(10-13)17(22)15-8-20-16(9-19-15)18(23)24/h3-6,8-9,12-13H,7,10H2,1-2H3,(H,23,24). The van der Waals surface area contributed by atoms with Gasteiger partial charge >= 0.3 is 5.97 Å². The van der Waals surface area contributed by atoms with E-state index in [1.807, 2.05) is 19.1 Å². The number of rotatable bonds is 3. The molecule has 0 bridgehead atoms. The summed E-state index contributed by atoms with van der Waals surface area (Å²) in [5, 5.41) is 8.86. The summed E-state index contributed by atoms with van der Waals surface area (Å²) in [5.74, 6) is -1.06. The molecule has 1 aliphatic heterocycles. The number of hydrogen-bond donors (Lipinski definition) is 1. The van der Waals surface area contributed by atoms with Gasteiger partial charge in [0.2, 0.25) is 0 Å². The van der Waals surface area contributed by atoms with Crippen LogP contribution in [0.3, 0.4) is 0 Å². The molecule has 0 radical (unpaired) electrons. The van der Waals surface area contributed by atoms with E-state index < -0.39 is 5.97 Å². The average molecular weight is 325 g/mol. The monoisotopic (exact) mass is 325 g/mol. The average Bonchev–Trinajstić information content (AvgIpc) is 2.96. The largest absolute Gasteiger partial charge is 0.476 e. The summed E-state index contributed by atoms with van der Waals surface area (Å²) in [6.45, 7) is 4.74. The van der Waals surface area contributed by atoms with Gasteiger partial charge in [0.1, 0.15) is 5.69 Å². The van der Waals surface area contributed by atoms with Crippen molar-refractivity contribution in [1.29, 1.82) is 0 Å². The molecule has 1 aromatic carbocycles. The van der Waals surface area contributed by atoms with E-state index in [0.717, 1.165) is 12.6 Å². The molecule has 1 saturated heterocycles. The Kier molecular flexibility index (Phi) is 4.29. The zero-order valence-electron chi connectivity index (χ0n) is 13.6. The lowest BCUT2D eigenvalue weighted by Gasteiger charge is -2.21. The molecule has 24 heavy (non-hydrogen) atoms. The molecule has 1 aromatic heterocycles. The van der Waals surface area contributed by atoms with E-state index in [1.165, 1.54) is 17.3 Å². The number of amides is 1. The second-order valence-corrected chi connectivity index (χ2v) is 6.19. The molecule has 2 heterocycles. The molecule has 0 aliphatic carbocycles. The van der Waals surface area contributed by atoms with Crippen LogP contribution >= 0.6 is 0 Å². The van der Waals surface area contributed by atoms with E-state index in [1.54, 1.807) is 4.90 Å². The number of aryl methyl sites for hydroxylation is 1. The Hall–Kier alpha value is -2.76. The first-order valence-electron chi connectivity index (χ1n) is 7.89. The number of benzene rings is 1. The minimum Gasteiger partial charge on any atom is -0.476 e. The predicted molar refractivity (Wildman–Crippen MR) is 88.0 cm³/mol. The number of carboxylic acids is 1. The van der Waals surface area contributed by atoms with Gasteiger partial charge in [0.05, 0.1) is 12.4 Å². The Morgan fingerprint density at radius 3 is 2.46 bits per heavy atom. The van der Waals surface area contributed by atoms with Crippen LogP contribution in [0, 0.1) is 6.92 Å². The van der Waals surface area contributed by atoms with Gasteiger partial charge in [0.15, 0.2) is 5.69 Å². The van der Waals surface area contributed by atoms with E-state index in [-0.39, 0.29) is 23.3 Å². The van der Waals surface area contributed by atoms with Gasteiger partial charge in [-0.15, -0.1) is 0 Å². The molecule has 0 saturated carbocycles. The normalized spacial score (nSPS) is 20.2. The van der Waals surface area contributed by atoms with Crippen LogP contribution in [-0.4, -0.2) is 44.4 Å². The second-order valence-electron chi connectivity index (χ2n) is 6.19. The lowest BCUT2D eigenvalue weighted by Crippen LogP contribution is -2.34. The maximum Gasteiger partial charge on any atom is 0.356 e. The minimum atomic E-state index is -1.16. The van der Waals surface area contributed by atoms with Crippen LogP contribution in [0.25, 0.3) is 0 Å². The Balaban J connectivity index is 1.78. The summed E-state index contributed by atoms with van der Waals surface area (Å²) in [5.41, 5.74) is 2.51. The summed E-state index contributed by atoms with van der Waals surface area (Å²) in [6, 6.07) is 8.33. The van der Waals surface area contributed by atoms with Crippen molar-refractivity contribution >= 4 is 11.9 Å². The SMILES string of the molecule is Cc1ccccc1C1CC(C)N(C(=O)c2cnc(C(=O)O)cn2)C1. The summed E-state index contributed by atoms with van der Waals surface area (Å²) < 4.78 is 0. The van der Waals surface area contributed by atoms with E-state index in [0.29, 0.717) is 12.5 Å². The maximum atomic E-state index is 12.7. The third-order valence-electron chi connectivity index (χ3n) is 4.55. The molecule has 2 atom stereocenters. The van der Waals surface area contributed by atoms with Crippen molar-refractivity contribution < 1.29 is 14.7 Å². The van der Waals surface area contributed by atoms with Crippen LogP contribution in [0.1, 0.15) is 51.4 Å². The lowest BCUT2D eigenvalue weighted by atomic mass is 9.93. The molecule has 1 aliphatic rings. The van der Waals surface area contributed by atoms with Crippen LogP contribution in [0.15, 0.2) is 36.7 Å². The Bertz CT molecular complexity index is 773. The summed E-state index contributed by atoms with van der Waals surface area (Å²) in [7, 11) is 0. The fourth-order valence-electron chi connectivity index (χ4n) is 3.28. The molecule has 3 rings (SSSR count). The molecule has 1 amide bonds. The predicted octanol–water partition coefficient (Wildman–Crippen LogP) is 2.50. The van der Waals surface area contributed by atoms with Gasteiger partial charge < -0.3 is 10.0 Å².